The summed E-state index contributed by atoms with van der Waals surface area (Å²) < 4.78 is 26.6. The Labute approximate surface area is 192 Å². The first-order valence-electron chi connectivity index (χ1n) is 10.5. The summed E-state index contributed by atoms with van der Waals surface area (Å²) in [4.78, 5) is 0. The summed E-state index contributed by atoms with van der Waals surface area (Å²) in [5.41, 5.74) is 0. The second-order valence-corrected chi connectivity index (χ2v) is 8.43. The fourth-order valence-electron chi connectivity index (χ4n) is 4.14. The maximum atomic E-state index is 10.3. The van der Waals surface area contributed by atoms with Crippen molar-refractivity contribution >= 4 is 0 Å². The molecule has 0 amide bonds. The Hall–Kier alpha value is -0.640. The average molecular weight is 504 g/mol. The van der Waals surface area contributed by atoms with Crippen molar-refractivity contribution in [2.75, 3.05) is 33.0 Å². The predicted octanol–water partition coefficient (Wildman–Crippen LogP) is -7.57. The van der Waals surface area contributed by atoms with Crippen molar-refractivity contribution in [3.05, 3.63) is 0 Å². The molecule has 0 aliphatic carbocycles. The molecule has 3 aliphatic rings. The highest BCUT2D eigenvalue weighted by molar-refractivity contribution is 4.99. The zero-order valence-electron chi connectivity index (χ0n) is 17.8. The van der Waals surface area contributed by atoms with Gasteiger partial charge in [0.2, 0.25) is 11.6 Å². The molecule has 0 aromatic heterocycles. The van der Waals surface area contributed by atoms with Crippen LogP contribution in [0.25, 0.3) is 0 Å². The van der Waals surface area contributed by atoms with E-state index in [1.165, 1.54) is 0 Å². The lowest BCUT2D eigenvalue weighted by Gasteiger charge is -2.44. The van der Waals surface area contributed by atoms with E-state index >= 15 is 0 Å². The Morgan fingerprint density at radius 2 is 1.09 bits per heavy atom. The van der Waals surface area contributed by atoms with E-state index in [-0.39, 0.29) is 0 Å². The van der Waals surface area contributed by atoms with E-state index in [2.05, 4.69) is 0 Å². The molecule has 34 heavy (non-hydrogen) atoms. The topological polar surface area (TPSA) is 269 Å². The van der Waals surface area contributed by atoms with Gasteiger partial charge in [0.05, 0.1) is 19.8 Å². The molecule has 0 saturated carbocycles. The number of aliphatic hydroxyl groups excluding tert-OH is 11. The summed E-state index contributed by atoms with van der Waals surface area (Å²) in [7, 11) is 0. The lowest BCUT2D eigenvalue weighted by molar-refractivity contribution is -0.389. The van der Waals surface area contributed by atoms with Gasteiger partial charge in [-0.15, -0.1) is 0 Å². The first kappa shape index (κ1) is 27.9. The third-order valence-electron chi connectivity index (χ3n) is 6.29. The van der Waals surface area contributed by atoms with Crippen LogP contribution in [0.3, 0.4) is 0 Å². The number of ether oxygens (including phenoxy) is 5. The van der Waals surface area contributed by atoms with Crippen LogP contribution in [-0.2, 0) is 23.7 Å². The third kappa shape index (κ3) is 4.71. The molecule has 3 rings (SSSR count). The van der Waals surface area contributed by atoms with Gasteiger partial charge in [0.25, 0.3) is 0 Å². The summed E-state index contributed by atoms with van der Waals surface area (Å²) in [5.74, 6) is -4.59. The van der Waals surface area contributed by atoms with E-state index in [0.717, 1.165) is 0 Å². The van der Waals surface area contributed by atoms with Crippen LogP contribution in [0.15, 0.2) is 0 Å². The van der Waals surface area contributed by atoms with Gasteiger partial charge in [-0.1, -0.05) is 0 Å². The van der Waals surface area contributed by atoms with Gasteiger partial charge < -0.3 is 79.9 Å². The minimum absolute atomic E-state index is 0.709. The molecule has 16 nitrogen and oxygen atoms in total. The maximum absolute atomic E-state index is 10.3. The largest absolute Gasteiger partial charge is 0.394 e. The zero-order chi connectivity index (χ0) is 25.4. The summed E-state index contributed by atoms with van der Waals surface area (Å²) in [6.45, 7) is -4.23. The summed E-state index contributed by atoms with van der Waals surface area (Å²) in [6.07, 6.45) is -18.7. The van der Waals surface area contributed by atoms with Gasteiger partial charge in [0, 0.05) is 0 Å². The molecule has 0 aromatic rings. The van der Waals surface area contributed by atoms with Gasteiger partial charge in [0.1, 0.15) is 74.3 Å². The van der Waals surface area contributed by atoms with Crippen LogP contribution in [-0.4, -0.2) is 168 Å². The van der Waals surface area contributed by atoms with Crippen molar-refractivity contribution in [3.8, 4) is 0 Å². The number of hydrogen-bond donors (Lipinski definition) is 11. The SMILES string of the molecule is OC[C@H]1O[C@@](CO)(OC[C@H]2O[C@@H](O[C@]3(CO)O[C@H](CO)[C@@H](O)[C@@H]3O)[C@H](O)[C@@H](O)[C@@H]2O)[C@@H](O)[C@@H]1O. The highest BCUT2D eigenvalue weighted by Gasteiger charge is 2.59. The first-order valence-corrected chi connectivity index (χ1v) is 10.5. The van der Waals surface area contributed by atoms with E-state index in [9.17, 15) is 56.2 Å². The lowest BCUT2D eigenvalue weighted by atomic mass is 9.98. The minimum atomic E-state index is -2.37. The van der Waals surface area contributed by atoms with E-state index < -0.39 is 112 Å². The minimum Gasteiger partial charge on any atom is -0.394 e. The Bertz CT molecular complexity index is 668. The molecule has 0 spiro atoms. The van der Waals surface area contributed by atoms with Crippen molar-refractivity contribution < 1.29 is 79.9 Å². The molecule has 3 saturated heterocycles. The standard InChI is InChI=1S/C18H32O16/c19-1-6-10(24)14(28)17(4-21,32-6)30-3-8-9(23)12(26)13(27)16(31-8)34-18(5-22)15(29)11(25)7(2-20)33-18/h6-16,19-29H,1-5H2/t6-,7-,8-,9-,10-,11-,12+,13-,14+,15+,16+,17-,18+/m1/s1. The van der Waals surface area contributed by atoms with Gasteiger partial charge in [-0.05, 0) is 0 Å². The second-order valence-electron chi connectivity index (χ2n) is 8.43. The smallest absolute Gasteiger partial charge is 0.224 e. The zero-order valence-corrected chi connectivity index (χ0v) is 17.8. The van der Waals surface area contributed by atoms with Crippen molar-refractivity contribution in [3.63, 3.8) is 0 Å². The monoisotopic (exact) mass is 504 g/mol. The van der Waals surface area contributed by atoms with Crippen LogP contribution in [0.1, 0.15) is 0 Å². The maximum Gasteiger partial charge on any atom is 0.224 e. The molecular weight excluding hydrogens is 472 g/mol. The second kappa shape index (κ2) is 10.8. The van der Waals surface area contributed by atoms with Crippen molar-refractivity contribution in [2.24, 2.45) is 0 Å². The predicted molar refractivity (Wildman–Crippen MR) is 101 cm³/mol. The molecule has 0 radical (unpaired) electrons. The molecule has 200 valence electrons. The summed E-state index contributed by atoms with van der Waals surface area (Å²) in [5, 5.41) is 109. The van der Waals surface area contributed by atoms with Crippen LogP contribution in [0.4, 0.5) is 0 Å². The molecule has 16 heteroatoms. The molecule has 3 aliphatic heterocycles. The average Bonchev–Trinajstić information content (AvgIpc) is 3.24. The quantitative estimate of drug-likeness (QED) is 0.139. The third-order valence-corrected chi connectivity index (χ3v) is 6.29. The molecule has 13 atom stereocenters. The van der Waals surface area contributed by atoms with Crippen molar-refractivity contribution in [1.82, 2.24) is 0 Å². The highest BCUT2D eigenvalue weighted by atomic mass is 16.8. The number of hydrogen-bond acceptors (Lipinski definition) is 16. The molecule has 3 heterocycles. The molecule has 3 fully saturated rings. The first-order chi connectivity index (χ1) is 16.0. The number of rotatable bonds is 9. The fraction of sp³-hybridized carbons (Fsp3) is 1.00. The van der Waals surface area contributed by atoms with Crippen LogP contribution >= 0.6 is 0 Å². The Kier molecular flexibility index (Phi) is 8.85. The van der Waals surface area contributed by atoms with Gasteiger partial charge >= 0.3 is 0 Å². The van der Waals surface area contributed by atoms with Gasteiger partial charge in [-0.3, -0.25) is 0 Å². The van der Waals surface area contributed by atoms with E-state index in [4.69, 9.17) is 23.7 Å². The van der Waals surface area contributed by atoms with Gasteiger partial charge in [-0.25, -0.2) is 0 Å². The van der Waals surface area contributed by atoms with Gasteiger partial charge in [-0.2, -0.15) is 0 Å². The van der Waals surface area contributed by atoms with Crippen molar-refractivity contribution in [2.45, 2.75) is 78.9 Å². The van der Waals surface area contributed by atoms with E-state index in [1.54, 1.807) is 0 Å². The molecular formula is C18H32O16. The van der Waals surface area contributed by atoms with Crippen molar-refractivity contribution in [1.29, 1.82) is 0 Å². The lowest BCUT2D eigenvalue weighted by Crippen LogP contribution is -2.63. The normalized spacial score (nSPS) is 51.8. The van der Waals surface area contributed by atoms with Crippen LogP contribution in [0.5, 0.6) is 0 Å². The summed E-state index contributed by atoms with van der Waals surface area (Å²) in [6, 6.07) is 0. The number of aliphatic hydroxyl groups is 11. The summed E-state index contributed by atoms with van der Waals surface area (Å²) >= 11 is 0. The highest BCUT2D eigenvalue weighted by Crippen LogP contribution is 2.37. The Morgan fingerprint density at radius 3 is 1.56 bits per heavy atom. The Morgan fingerprint density at radius 1 is 0.588 bits per heavy atom. The molecule has 0 unspecified atom stereocenters. The van der Waals surface area contributed by atoms with E-state index in [0.29, 0.717) is 0 Å². The van der Waals surface area contributed by atoms with Crippen LogP contribution in [0.2, 0.25) is 0 Å². The van der Waals surface area contributed by atoms with E-state index in [1.807, 2.05) is 0 Å². The Balaban J connectivity index is 1.74. The molecule has 0 aromatic carbocycles. The fourth-order valence-corrected chi connectivity index (χ4v) is 4.14. The van der Waals surface area contributed by atoms with Crippen LogP contribution in [0, 0.1) is 0 Å². The molecule has 11 N–H and O–H groups in total. The molecule has 0 bridgehead atoms. The van der Waals surface area contributed by atoms with Crippen LogP contribution < -0.4 is 0 Å². The van der Waals surface area contributed by atoms with Gasteiger partial charge in [0.15, 0.2) is 6.29 Å².